The first-order valence-electron chi connectivity index (χ1n) is 11.7. The van der Waals surface area contributed by atoms with Crippen LogP contribution in [0.3, 0.4) is 0 Å². The summed E-state index contributed by atoms with van der Waals surface area (Å²) in [6.45, 7) is 1.07. The minimum Gasteiger partial charge on any atom is -0.376 e. The number of halogens is 4. The van der Waals surface area contributed by atoms with Crippen LogP contribution in [0.4, 0.5) is 17.6 Å². The molecule has 1 saturated heterocycles. The number of alkyl halides is 2. The Kier molecular flexibility index (Phi) is 7.87. The second kappa shape index (κ2) is 11.2. The lowest BCUT2D eigenvalue weighted by molar-refractivity contribution is -0.0377. The Morgan fingerprint density at radius 1 is 1.05 bits per heavy atom. The van der Waals surface area contributed by atoms with Crippen LogP contribution in [0.1, 0.15) is 51.5 Å². The summed E-state index contributed by atoms with van der Waals surface area (Å²) >= 11 is 0. The van der Waals surface area contributed by atoms with E-state index < -0.39 is 41.3 Å². The summed E-state index contributed by atoms with van der Waals surface area (Å²) in [6, 6.07) is 11.8. The number of benzene rings is 2. The van der Waals surface area contributed by atoms with Gasteiger partial charge >= 0.3 is 0 Å². The van der Waals surface area contributed by atoms with E-state index in [0.717, 1.165) is 50.5 Å². The quantitative estimate of drug-likeness (QED) is 0.203. The second-order valence-electron chi connectivity index (χ2n) is 8.65. The van der Waals surface area contributed by atoms with Gasteiger partial charge in [-0.05, 0) is 60.9 Å². The highest BCUT2D eigenvalue weighted by Gasteiger charge is 2.44. The molecule has 9 heteroatoms. The molecule has 1 amide bonds. The number of carbonyl (C=O) groups excluding carboxylic acids is 1. The van der Waals surface area contributed by atoms with Gasteiger partial charge in [0, 0.05) is 48.6 Å². The fraction of sp³-hybridized carbons (Fsp3) is 0.250. The Morgan fingerprint density at radius 3 is 2.35 bits per heavy atom. The van der Waals surface area contributed by atoms with Gasteiger partial charge in [0.25, 0.3) is 11.8 Å². The van der Waals surface area contributed by atoms with Crippen LogP contribution in [0.15, 0.2) is 60.8 Å². The lowest BCUT2D eigenvalue weighted by Crippen LogP contribution is -2.34. The number of hydrogen-bond acceptors (Lipinski definition) is 3. The molecule has 190 valence electrons. The summed E-state index contributed by atoms with van der Waals surface area (Å²) in [5.41, 5.74) is 0.627. The van der Waals surface area contributed by atoms with E-state index in [1.54, 1.807) is 24.3 Å². The number of aromatic nitrogens is 1. The lowest BCUT2D eigenvalue weighted by atomic mass is 9.89. The molecule has 1 aliphatic rings. The molecular weight excluding hydrogens is 484 g/mol. The SMILES string of the molecule is N=CNCC(c1ccc(F)cc1F)C(F)(F)c1ccc(C#Cc2ccc(C(=O)N3CCCC3)cc2)cn1. The first-order valence-corrected chi connectivity index (χ1v) is 11.7. The summed E-state index contributed by atoms with van der Waals surface area (Å²) in [5.74, 6) is -1.57. The third kappa shape index (κ3) is 5.97. The smallest absolute Gasteiger partial charge is 0.298 e. The fourth-order valence-electron chi connectivity index (χ4n) is 4.18. The molecule has 1 unspecified atom stereocenters. The van der Waals surface area contributed by atoms with E-state index in [4.69, 9.17) is 5.41 Å². The molecule has 5 nitrogen and oxygen atoms in total. The molecule has 0 aliphatic carbocycles. The Hall–Kier alpha value is -4.19. The van der Waals surface area contributed by atoms with Crippen molar-refractivity contribution in [2.45, 2.75) is 24.7 Å². The zero-order chi connectivity index (χ0) is 26.4. The maximum Gasteiger partial charge on any atom is 0.298 e. The van der Waals surface area contributed by atoms with Crippen LogP contribution in [0.2, 0.25) is 0 Å². The van der Waals surface area contributed by atoms with Crippen molar-refractivity contribution >= 4 is 12.2 Å². The van der Waals surface area contributed by atoms with Crippen LogP contribution in [0.5, 0.6) is 0 Å². The predicted octanol–water partition coefficient (Wildman–Crippen LogP) is 5.07. The Balaban J connectivity index is 1.51. The summed E-state index contributed by atoms with van der Waals surface area (Å²) in [5, 5.41) is 9.46. The standard InChI is InChI=1S/C28H24F4N4O/c29-22-10-11-23(25(30)15-22)24(17-34-18-33)28(31,32)26-12-7-20(16-35-26)4-3-19-5-8-21(9-6-19)27(37)36-13-1-2-14-36/h5-12,15-16,18,24H,1-2,13-14,17H2,(H2,33,34). The number of amides is 1. The van der Waals surface area contributed by atoms with Crippen LogP contribution >= 0.6 is 0 Å². The minimum atomic E-state index is -3.63. The molecule has 1 aromatic heterocycles. The molecule has 2 heterocycles. The summed E-state index contributed by atoms with van der Waals surface area (Å²) in [4.78, 5) is 18.1. The van der Waals surface area contributed by atoms with Crippen LogP contribution in [0, 0.1) is 28.9 Å². The van der Waals surface area contributed by atoms with Gasteiger partial charge in [-0.2, -0.15) is 8.78 Å². The number of rotatable bonds is 7. The normalized spacial score (nSPS) is 14.0. The molecule has 1 atom stereocenters. The van der Waals surface area contributed by atoms with Crippen molar-refractivity contribution in [2.75, 3.05) is 19.6 Å². The number of nitrogens with zero attached hydrogens (tertiary/aromatic N) is 2. The lowest BCUT2D eigenvalue weighted by Gasteiger charge is -2.27. The topological polar surface area (TPSA) is 69.1 Å². The van der Waals surface area contributed by atoms with E-state index in [1.165, 1.54) is 12.3 Å². The molecule has 1 aliphatic heterocycles. The Labute approximate surface area is 212 Å². The molecular formula is C28H24F4N4O. The molecule has 4 rings (SSSR count). The molecule has 3 aromatic rings. The Morgan fingerprint density at radius 2 is 1.73 bits per heavy atom. The van der Waals surface area contributed by atoms with Crippen molar-refractivity contribution in [3.05, 3.63) is 100 Å². The fourth-order valence-corrected chi connectivity index (χ4v) is 4.18. The highest BCUT2D eigenvalue weighted by Crippen LogP contribution is 2.42. The average molecular weight is 509 g/mol. The summed E-state index contributed by atoms with van der Waals surface area (Å²) in [7, 11) is 0. The van der Waals surface area contributed by atoms with Crippen LogP contribution in [-0.2, 0) is 5.92 Å². The first-order chi connectivity index (χ1) is 17.8. The number of hydrogen-bond donors (Lipinski definition) is 2. The van der Waals surface area contributed by atoms with Crippen molar-refractivity contribution in [1.29, 1.82) is 5.41 Å². The van der Waals surface area contributed by atoms with Gasteiger partial charge in [-0.3, -0.25) is 15.2 Å². The van der Waals surface area contributed by atoms with Crippen molar-refractivity contribution in [3.63, 3.8) is 0 Å². The maximum absolute atomic E-state index is 15.4. The van der Waals surface area contributed by atoms with Gasteiger partial charge in [0.15, 0.2) is 0 Å². The molecule has 0 radical (unpaired) electrons. The molecule has 0 spiro atoms. The van der Waals surface area contributed by atoms with Crippen molar-refractivity contribution < 1.29 is 22.4 Å². The number of carbonyl (C=O) groups is 1. The van der Waals surface area contributed by atoms with E-state index in [9.17, 15) is 13.6 Å². The highest BCUT2D eigenvalue weighted by atomic mass is 19.3. The van der Waals surface area contributed by atoms with Crippen LogP contribution < -0.4 is 5.32 Å². The zero-order valence-corrected chi connectivity index (χ0v) is 19.8. The van der Waals surface area contributed by atoms with E-state index >= 15 is 8.78 Å². The van der Waals surface area contributed by atoms with Crippen LogP contribution in [0.25, 0.3) is 0 Å². The zero-order valence-electron chi connectivity index (χ0n) is 19.8. The average Bonchev–Trinajstić information content (AvgIpc) is 3.44. The molecule has 0 bridgehead atoms. The van der Waals surface area contributed by atoms with Gasteiger partial charge in [0.2, 0.25) is 0 Å². The third-order valence-electron chi connectivity index (χ3n) is 6.18. The number of nitrogens with one attached hydrogen (secondary N) is 2. The van der Waals surface area contributed by atoms with Crippen molar-refractivity contribution in [2.24, 2.45) is 0 Å². The molecule has 2 aromatic carbocycles. The molecule has 2 N–H and O–H groups in total. The molecule has 0 saturated carbocycles. The van der Waals surface area contributed by atoms with Crippen molar-refractivity contribution in [3.8, 4) is 11.8 Å². The second-order valence-corrected chi connectivity index (χ2v) is 8.65. The maximum atomic E-state index is 15.4. The number of likely N-dealkylation sites (tertiary alicyclic amines) is 1. The predicted molar refractivity (Wildman–Crippen MR) is 132 cm³/mol. The minimum absolute atomic E-state index is 0.00707. The third-order valence-corrected chi connectivity index (χ3v) is 6.18. The van der Waals surface area contributed by atoms with Gasteiger partial charge < -0.3 is 10.2 Å². The monoisotopic (exact) mass is 508 g/mol. The number of pyridine rings is 1. The van der Waals surface area contributed by atoms with Gasteiger partial charge in [-0.25, -0.2) is 8.78 Å². The van der Waals surface area contributed by atoms with Crippen LogP contribution in [-0.4, -0.2) is 41.8 Å². The largest absolute Gasteiger partial charge is 0.376 e. The Bertz CT molecular complexity index is 1330. The molecule has 37 heavy (non-hydrogen) atoms. The first kappa shape index (κ1) is 25.9. The van der Waals surface area contributed by atoms with E-state index in [-0.39, 0.29) is 5.91 Å². The van der Waals surface area contributed by atoms with Crippen molar-refractivity contribution in [1.82, 2.24) is 15.2 Å². The molecule has 1 fully saturated rings. The van der Waals surface area contributed by atoms with Gasteiger partial charge in [0.05, 0.1) is 12.3 Å². The van der Waals surface area contributed by atoms with E-state index in [0.29, 0.717) is 22.8 Å². The highest BCUT2D eigenvalue weighted by molar-refractivity contribution is 5.94. The van der Waals surface area contributed by atoms with Gasteiger partial charge in [0.1, 0.15) is 17.3 Å². The van der Waals surface area contributed by atoms with E-state index in [1.807, 2.05) is 4.90 Å². The summed E-state index contributed by atoms with van der Waals surface area (Å²) < 4.78 is 58.5. The van der Waals surface area contributed by atoms with Gasteiger partial charge in [-0.1, -0.05) is 17.9 Å². The summed E-state index contributed by atoms with van der Waals surface area (Å²) in [6.07, 6.45) is 3.95. The van der Waals surface area contributed by atoms with Gasteiger partial charge in [-0.15, -0.1) is 0 Å². The van der Waals surface area contributed by atoms with E-state index in [2.05, 4.69) is 22.1 Å².